The van der Waals surface area contributed by atoms with E-state index in [2.05, 4.69) is 17.3 Å². The second-order valence-electron chi connectivity index (χ2n) is 4.99. The van der Waals surface area contributed by atoms with E-state index in [-0.39, 0.29) is 0 Å². The molecular weight excluding hydrogens is 198 g/mol. The van der Waals surface area contributed by atoms with E-state index in [9.17, 15) is 0 Å². The van der Waals surface area contributed by atoms with Crippen molar-refractivity contribution < 1.29 is 0 Å². The van der Waals surface area contributed by atoms with E-state index in [0.717, 1.165) is 19.0 Å². The average molecular weight is 221 g/mol. The number of nitrogens with zero attached hydrogens (tertiary/aromatic N) is 2. The minimum Gasteiger partial charge on any atom is -0.313 e. The third kappa shape index (κ3) is 2.85. The van der Waals surface area contributed by atoms with Crippen molar-refractivity contribution in [2.45, 2.75) is 45.6 Å². The standard InChI is InChI=1S/C13H23N3/c1-11-13(10-15-16(11)2)9-14-8-7-12-5-3-4-6-12/h10,12,14H,3-9H2,1-2H3. The molecule has 1 saturated carbocycles. The van der Waals surface area contributed by atoms with Crippen molar-refractivity contribution in [1.82, 2.24) is 15.1 Å². The van der Waals surface area contributed by atoms with Gasteiger partial charge in [-0.25, -0.2) is 0 Å². The average Bonchev–Trinajstić information content (AvgIpc) is 2.88. The largest absolute Gasteiger partial charge is 0.313 e. The molecule has 0 aromatic carbocycles. The maximum Gasteiger partial charge on any atom is 0.0537 e. The van der Waals surface area contributed by atoms with Crippen molar-refractivity contribution in [3.8, 4) is 0 Å². The smallest absolute Gasteiger partial charge is 0.0537 e. The summed E-state index contributed by atoms with van der Waals surface area (Å²) in [5.41, 5.74) is 2.60. The first-order valence-electron chi connectivity index (χ1n) is 6.45. The van der Waals surface area contributed by atoms with Crippen LogP contribution in [0.3, 0.4) is 0 Å². The van der Waals surface area contributed by atoms with E-state index in [1.165, 1.54) is 43.4 Å². The van der Waals surface area contributed by atoms with E-state index >= 15 is 0 Å². The minimum atomic E-state index is 0.965. The summed E-state index contributed by atoms with van der Waals surface area (Å²) in [5.74, 6) is 0.988. The molecule has 0 bridgehead atoms. The van der Waals surface area contributed by atoms with Crippen molar-refractivity contribution in [2.75, 3.05) is 6.54 Å². The van der Waals surface area contributed by atoms with Crippen LogP contribution < -0.4 is 5.32 Å². The molecule has 1 aromatic rings. The number of rotatable bonds is 5. The zero-order valence-electron chi connectivity index (χ0n) is 10.5. The molecule has 0 spiro atoms. The topological polar surface area (TPSA) is 29.9 Å². The Kier molecular flexibility index (Phi) is 3.99. The lowest BCUT2D eigenvalue weighted by Crippen LogP contribution is -2.17. The van der Waals surface area contributed by atoms with Crippen LogP contribution in [0.5, 0.6) is 0 Å². The fraction of sp³-hybridized carbons (Fsp3) is 0.769. The van der Waals surface area contributed by atoms with Crippen LogP contribution in [0.15, 0.2) is 6.20 Å². The van der Waals surface area contributed by atoms with Crippen molar-refractivity contribution in [3.63, 3.8) is 0 Å². The van der Waals surface area contributed by atoms with E-state index in [4.69, 9.17) is 0 Å². The number of nitrogens with one attached hydrogen (secondary N) is 1. The quantitative estimate of drug-likeness (QED) is 0.774. The maximum atomic E-state index is 4.25. The first-order chi connectivity index (χ1) is 7.77. The van der Waals surface area contributed by atoms with Gasteiger partial charge < -0.3 is 5.32 Å². The highest BCUT2D eigenvalue weighted by molar-refractivity contribution is 5.15. The van der Waals surface area contributed by atoms with Gasteiger partial charge in [-0.15, -0.1) is 0 Å². The minimum absolute atomic E-state index is 0.965. The molecule has 0 radical (unpaired) electrons. The summed E-state index contributed by atoms with van der Waals surface area (Å²) in [6.07, 6.45) is 9.12. The Morgan fingerprint density at radius 3 is 2.81 bits per heavy atom. The third-order valence-electron chi connectivity index (χ3n) is 3.86. The summed E-state index contributed by atoms with van der Waals surface area (Å²) in [6, 6.07) is 0. The van der Waals surface area contributed by atoms with Crippen LogP contribution in [0.2, 0.25) is 0 Å². The first kappa shape index (κ1) is 11.6. The van der Waals surface area contributed by atoms with Gasteiger partial charge in [-0.1, -0.05) is 25.7 Å². The summed E-state index contributed by atoms with van der Waals surface area (Å²) in [5, 5.41) is 7.78. The molecule has 90 valence electrons. The van der Waals surface area contributed by atoms with Gasteiger partial charge in [-0.2, -0.15) is 5.10 Å². The summed E-state index contributed by atoms with van der Waals surface area (Å²) >= 11 is 0. The third-order valence-corrected chi connectivity index (χ3v) is 3.86. The molecule has 0 atom stereocenters. The monoisotopic (exact) mass is 221 g/mol. The van der Waals surface area contributed by atoms with E-state index in [0.29, 0.717) is 0 Å². The van der Waals surface area contributed by atoms with Crippen LogP contribution in [-0.4, -0.2) is 16.3 Å². The molecular formula is C13H23N3. The predicted octanol–water partition coefficient (Wildman–Crippen LogP) is 2.40. The maximum absolute atomic E-state index is 4.25. The second kappa shape index (κ2) is 5.48. The summed E-state index contributed by atoms with van der Waals surface area (Å²) < 4.78 is 1.94. The number of hydrogen-bond donors (Lipinski definition) is 1. The Hall–Kier alpha value is -0.830. The Bertz CT molecular complexity index is 324. The SMILES string of the molecule is Cc1c(CNCCC2CCCC2)cnn1C. The molecule has 1 N–H and O–H groups in total. The van der Waals surface area contributed by atoms with Crippen LogP contribution in [0.4, 0.5) is 0 Å². The molecule has 16 heavy (non-hydrogen) atoms. The van der Waals surface area contributed by atoms with E-state index < -0.39 is 0 Å². The summed E-state index contributed by atoms with van der Waals surface area (Å²) in [6.45, 7) is 4.24. The fourth-order valence-electron chi connectivity index (χ4n) is 2.55. The first-order valence-corrected chi connectivity index (χ1v) is 6.45. The number of hydrogen-bond acceptors (Lipinski definition) is 2. The molecule has 0 amide bonds. The van der Waals surface area contributed by atoms with Crippen LogP contribution in [0.25, 0.3) is 0 Å². The molecule has 1 fully saturated rings. The number of aryl methyl sites for hydroxylation is 1. The zero-order chi connectivity index (χ0) is 11.4. The molecule has 0 unspecified atom stereocenters. The second-order valence-corrected chi connectivity index (χ2v) is 4.99. The van der Waals surface area contributed by atoms with Gasteiger partial charge in [0, 0.05) is 24.8 Å². The van der Waals surface area contributed by atoms with Crippen molar-refractivity contribution in [3.05, 3.63) is 17.5 Å². The van der Waals surface area contributed by atoms with Crippen molar-refractivity contribution in [1.29, 1.82) is 0 Å². The van der Waals surface area contributed by atoms with Crippen LogP contribution >= 0.6 is 0 Å². The highest BCUT2D eigenvalue weighted by Gasteiger charge is 2.14. The van der Waals surface area contributed by atoms with Gasteiger partial charge >= 0.3 is 0 Å². The number of aromatic nitrogens is 2. The van der Waals surface area contributed by atoms with E-state index in [1.807, 2.05) is 17.9 Å². The molecule has 3 heteroatoms. The molecule has 0 saturated heterocycles. The lowest BCUT2D eigenvalue weighted by atomic mass is 10.0. The highest BCUT2D eigenvalue weighted by Crippen LogP contribution is 2.26. The van der Waals surface area contributed by atoms with Crippen molar-refractivity contribution in [2.24, 2.45) is 13.0 Å². The Labute approximate surface area is 98.2 Å². The van der Waals surface area contributed by atoms with Gasteiger partial charge in [-0.3, -0.25) is 4.68 Å². The molecule has 1 heterocycles. The molecule has 0 aliphatic heterocycles. The van der Waals surface area contributed by atoms with Crippen LogP contribution in [0.1, 0.15) is 43.4 Å². The molecule has 1 aliphatic rings. The predicted molar refractivity (Wildman–Crippen MR) is 66.2 cm³/mol. The van der Waals surface area contributed by atoms with Gasteiger partial charge in [0.05, 0.1) is 6.20 Å². The van der Waals surface area contributed by atoms with Gasteiger partial charge in [-0.05, 0) is 25.8 Å². The lowest BCUT2D eigenvalue weighted by molar-refractivity contribution is 0.477. The fourth-order valence-corrected chi connectivity index (χ4v) is 2.55. The molecule has 3 nitrogen and oxygen atoms in total. The molecule has 1 aromatic heterocycles. The Morgan fingerprint density at radius 1 is 1.44 bits per heavy atom. The van der Waals surface area contributed by atoms with Crippen LogP contribution in [0, 0.1) is 12.8 Å². The van der Waals surface area contributed by atoms with E-state index in [1.54, 1.807) is 0 Å². The Morgan fingerprint density at radius 2 is 2.19 bits per heavy atom. The summed E-state index contributed by atoms with van der Waals surface area (Å²) in [4.78, 5) is 0. The van der Waals surface area contributed by atoms with Gasteiger partial charge in [0.25, 0.3) is 0 Å². The zero-order valence-corrected chi connectivity index (χ0v) is 10.5. The van der Waals surface area contributed by atoms with Gasteiger partial charge in [0.15, 0.2) is 0 Å². The van der Waals surface area contributed by atoms with Crippen molar-refractivity contribution >= 4 is 0 Å². The highest BCUT2D eigenvalue weighted by atomic mass is 15.3. The lowest BCUT2D eigenvalue weighted by Gasteiger charge is -2.09. The van der Waals surface area contributed by atoms with Gasteiger partial charge in [0.2, 0.25) is 0 Å². The molecule has 2 rings (SSSR count). The molecule has 1 aliphatic carbocycles. The Balaban J connectivity index is 1.66. The summed E-state index contributed by atoms with van der Waals surface area (Å²) in [7, 11) is 2.00. The van der Waals surface area contributed by atoms with Gasteiger partial charge in [0.1, 0.15) is 0 Å². The van der Waals surface area contributed by atoms with Crippen LogP contribution in [-0.2, 0) is 13.6 Å². The normalized spacial score (nSPS) is 17.1.